The largest absolute Gasteiger partial charge is 0.478 e. The molecule has 0 amide bonds. The van der Waals surface area contributed by atoms with Gasteiger partial charge in [0.15, 0.2) is 0 Å². The quantitative estimate of drug-likeness (QED) is 0.781. The van der Waals surface area contributed by atoms with E-state index in [1.165, 1.54) is 5.39 Å². The van der Waals surface area contributed by atoms with E-state index in [1.807, 2.05) is 42.9 Å². The molecule has 0 radical (unpaired) electrons. The Bertz CT molecular complexity index is 734. The Labute approximate surface area is 123 Å². The molecule has 5 heteroatoms. The predicted molar refractivity (Wildman–Crippen MR) is 83.4 cm³/mol. The second kappa shape index (κ2) is 5.83. The molecule has 0 aliphatic heterocycles. The molecule has 1 aromatic carbocycles. The van der Waals surface area contributed by atoms with Crippen LogP contribution in [0.1, 0.15) is 12.6 Å². The average Bonchev–Trinajstić information content (AvgIpc) is 2.84. The molecule has 2 heterocycles. The third-order valence-corrected chi connectivity index (χ3v) is 3.32. The molecular weight excluding hydrogens is 264 g/mol. The topological polar surface area (TPSA) is 52.0 Å². The zero-order valence-corrected chi connectivity index (χ0v) is 12.2. The first-order valence-electron chi connectivity index (χ1n) is 7.01. The number of aromatic nitrogens is 3. The summed E-state index contributed by atoms with van der Waals surface area (Å²) in [5, 5.41) is 9.08. The summed E-state index contributed by atoms with van der Waals surface area (Å²) in [5.41, 5.74) is 3.12. The van der Waals surface area contributed by atoms with Crippen molar-refractivity contribution in [3.05, 3.63) is 48.3 Å². The minimum atomic E-state index is 0.625. The first-order valence-corrected chi connectivity index (χ1v) is 7.01. The maximum absolute atomic E-state index is 5.33. The van der Waals surface area contributed by atoms with Crippen LogP contribution in [0.15, 0.2) is 42.6 Å². The van der Waals surface area contributed by atoms with Gasteiger partial charge in [0, 0.05) is 18.5 Å². The van der Waals surface area contributed by atoms with Crippen molar-refractivity contribution in [3.63, 3.8) is 0 Å². The van der Waals surface area contributed by atoms with Gasteiger partial charge >= 0.3 is 0 Å². The van der Waals surface area contributed by atoms with Crippen molar-refractivity contribution in [2.45, 2.75) is 13.5 Å². The Morgan fingerprint density at radius 3 is 2.81 bits per heavy atom. The van der Waals surface area contributed by atoms with E-state index in [0.29, 0.717) is 19.0 Å². The van der Waals surface area contributed by atoms with Gasteiger partial charge in [-0.05, 0) is 19.1 Å². The van der Waals surface area contributed by atoms with Crippen molar-refractivity contribution in [2.75, 3.05) is 11.9 Å². The van der Waals surface area contributed by atoms with Crippen LogP contribution >= 0.6 is 0 Å². The number of hydrogen-bond donors (Lipinski definition) is 1. The van der Waals surface area contributed by atoms with Crippen LogP contribution < -0.4 is 10.1 Å². The molecule has 21 heavy (non-hydrogen) atoms. The van der Waals surface area contributed by atoms with E-state index in [9.17, 15) is 0 Å². The molecule has 108 valence electrons. The van der Waals surface area contributed by atoms with Crippen molar-refractivity contribution in [1.29, 1.82) is 0 Å². The van der Waals surface area contributed by atoms with Crippen molar-refractivity contribution in [2.24, 2.45) is 7.05 Å². The molecule has 0 saturated carbocycles. The van der Waals surface area contributed by atoms with E-state index in [-0.39, 0.29) is 0 Å². The van der Waals surface area contributed by atoms with Gasteiger partial charge in [-0.2, -0.15) is 5.10 Å². The van der Waals surface area contributed by atoms with E-state index in [1.54, 1.807) is 6.20 Å². The van der Waals surface area contributed by atoms with Gasteiger partial charge in [-0.25, -0.2) is 4.98 Å². The molecule has 0 atom stereocenters. The van der Waals surface area contributed by atoms with E-state index in [0.717, 1.165) is 16.9 Å². The van der Waals surface area contributed by atoms with Gasteiger partial charge in [-0.15, -0.1) is 0 Å². The van der Waals surface area contributed by atoms with Crippen molar-refractivity contribution in [1.82, 2.24) is 14.8 Å². The maximum atomic E-state index is 5.33. The standard InChI is InChI=1S/C16H18N4O/c1-3-21-16-9-8-12(10-18-16)17-11-14-13-6-4-5-7-15(13)20(2)19-14/h4-10,17H,3,11H2,1-2H3. The molecule has 0 bridgehead atoms. The molecule has 0 spiro atoms. The summed E-state index contributed by atoms with van der Waals surface area (Å²) in [5.74, 6) is 0.645. The van der Waals surface area contributed by atoms with E-state index < -0.39 is 0 Å². The number of ether oxygens (including phenoxy) is 1. The molecular formula is C16H18N4O. The molecule has 3 rings (SSSR count). The summed E-state index contributed by atoms with van der Waals surface area (Å²) in [6, 6.07) is 12.1. The number of benzene rings is 1. The maximum Gasteiger partial charge on any atom is 0.213 e. The minimum Gasteiger partial charge on any atom is -0.478 e. The van der Waals surface area contributed by atoms with Crippen LogP contribution in [-0.4, -0.2) is 21.4 Å². The monoisotopic (exact) mass is 282 g/mol. The van der Waals surface area contributed by atoms with Gasteiger partial charge in [-0.3, -0.25) is 4.68 Å². The number of para-hydroxylation sites is 1. The van der Waals surface area contributed by atoms with Crippen molar-refractivity contribution < 1.29 is 4.74 Å². The van der Waals surface area contributed by atoms with Crippen LogP contribution in [0, 0.1) is 0 Å². The Balaban J connectivity index is 1.74. The van der Waals surface area contributed by atoms with Crippen molar-refractivity contribution in [3.8, 4) is 5.88 Å². The van der Waals surface area contributed by atoms with Crippen LogP contribution in [0.3, 0.4) is 0 Å². The molecule has 3 aromatic rings. The Hall–Kier alpha value is -2.56. The lowest BCUT2D eigenvalue weighted by Gasteiger charge is -2.06. The molecule has 5 nitrogen and oxygen atoms in total. The fourth-order valence-corrected chi connectivity index (χ4v) is 2.32. The highest BCUT2D eigenvalue weighted by Crippen LogP contribution is 2.19. The number of hydrogen-bond acceptors (Lipinski definition) is 4. The van der Waals surface area contributed by atoms with Gasteiger partial charge in [0.2, 0.25) is 5.88 Å². The zero-order chi connectivity index (χ0) is 14.7. The lowest BCUT2D eigenvalue weighted by molar-refractivity contribution is 0.327. The second-order valence-electron chi connectivity index (χ2n) is 4.76. The predicted octanol–water partition coefficient (Wildman–Crippen LogP) is 2.98. The van der Waals surface area contributed by atoms with Crippen molar-refractivity contribution >= 4 is 16.6 Å². The third kappa shape index (κ3) is 2.81. The zero-order valence-electron chi connectivity index (χ0n) is 12.2. The van der Waals surface area contributed by atoms with Crippen LogP contribution in [0.4, 0.5) is 5.69 Å². The number of nitrogens with one attached hydrogen (secondary N) is 1. The van der Waals surface area contributed by atoms with E-state index >= 15 is 0 Å². The second-order valence-corrected chi connectivity index (χ2v) is 4.76. The fraction of sp³-hybridized carbons (Fsp3) is 0.250. The number of fused-ring (bicyclic) bond motifs is 1. The lowest BCUT2D eigenvalue weighted by Crippen LogP contribution is -2.02. The smallest absolute Gasteiger partial charge is 0.213 e. The Morgan fingerprint density at radius 1 is 1.19 bits per heavy atom. The number of anilines is 1. The van der Waals surface area contributed by atoms with Crippen LogP contribution in [-0.2, 0) is 13.6 Å². The van der Waals surface area contributed by atoms with E-state index in [2.05, 4.69) is 27.5 Å². The number of nitrogens with zero attached hydrogens (tertiary/aromatic N) is 3. The van der Waals surface area contributed by atoms with Gasteiger partial charge < -0.3 is 10.1 Å². The Kier molecular flexibility index (Phi) is 3.73. The van der Waals surface area contributed by atoms with Crippen LogP contribution in [0.5, 0.6) is 5.88 Å². The lowest BCUT2D eigenvalue weighted by atomic mass is 10.2. The third-order valence-electron chi connectivity index (χ3n) is 3.32. The molecule has 2 aromatic heterocycles. The summed E-state index contributed by atoms with van der Waals surface area (Å²) in [6.07, 6.45) is 1.77. The SMILES string of the molecule is CCOc1ccc(NCc2nn(C)c3ccccc23)cn1. The first kappa shape index (κ1) is 13.4. The minimum absolute atomic E-state index is 0.625. The first-order chi connectivity index (χ1) is 10.3. The highest BCUT2D eigenvalue weighted by molar-refractivity contribution is 5.82. The normalized spacial score (nSPS) is 10.8. The number of aryl methyl sites for hydroxylation is 1. The summed E-state index contributed by atoms with van der Waals surface area (Å²) in [6.45, 7) is 3.23. The van der Waals surface area contributed by atoms with Gasteiger partial charge in [0.25, 0.3) is 0 Å². The van der Waals surface area contributed by atoms with Crippen LogP contribution in [0.2, 0.25) is 0 Å². The summed E-state index contributed by atoms with van der Waals surface area (Å²) in [7, 11) is 1.96. The van der Waals surface area contributed by atoms with Crippen LogP contribution in [0.25, 0.3) is 10.9 Å². The number of pyridine rings is 1. The van der Waals surface area contributed by atoms with Gasteiger partial charge in [0.05, 0.1) is 36.2 Å². The fourth-order valence-electron chi connectivity index (χ4n) is 2.32. The molecule has 0 fully saturated rings. The molecule has 0 aliphatic carbocycles. The highest BCUT2D eigenvalue weighted by Gasteiger charge is 2.07. The average molecular weight is 282 g/mol. The molecule has 0 saturated heterocycles. The molecule has 0 aliphatic rings. The van der Waals surface area contributed by atoms with Gasteiger partial charge in [0.1, 0.15) is 0 Å². The number of rotatable bonds is 5. The van der Waals surface area contributed by atoms with Gasteiger partial charge in [-0.1, -0.05) is 18.2 Å². The van der Waals surface area contributed by atoms with E-state index in [4.69, 9.17) is 4.74 Å². The Morgan fingerprint density at radius 2 is 2.05 bits per heavy atom. The summed E-state index contributed by atoms with van der Waals surface area (Å²) in [4.78, 5) is 4.24. The molecule has 0 unspecified atom stereocenters. The molecule has 1 N–H and O–H groups in total. The highest BCUT2D eigenvalue weighted by atomic mass is 16.5. The summed E-state index contributed by atoms with van der Waals surface area (Å²) >= 11 is 0. The summed E-state index contributed by atoms with van der Waals surface area (Å²) < 4.78 is 7.24.